The van der Waals surface area contributed by atoms with Gasteiger partial charge < -0.3 is 20.7 Å². The van der Waals surface area contributed by atoms with Gasteiger partial charge in [0.25, 0.3) is 0 Å². The van der Waals surface area contributed by atoms with Crippen molar-refractivity contribution >= 4 is 0 Å². The first-order chi connectivity index (χ1) is 9.68. The molecule has 0 aliphatic heterocycles. The fraction of sp³-hybridized carbons (Fsp3) is 0.250. The average molecular weight is 273 g/mol. The van der Waals surface area contributed by atoms with Crippen molar-refractivity contribution < 1.29 is 14.9 Å². The Kier molecular flexibility index (Phi) is 4.74. The summed E-state index contributed by atoms with van der Waals surface area (Å²) in [6.45, 7) is -0.0283. The molecule has 0 bridgehead atoms. The van der Waals surface area contributed by atoms with E-state index in [0.29, 0.717) is 5.75 Å². The van der Waals surface area contributed by atoms with Crippen molar-refractivity contribution in [2.45, 2.75) is 12.1 Å². The lowest BCUT2D eigenvalue weighted by atomic mass is 9.93. The molecule has 0 aliphatic carbocycles. The van der Waals surface area contributed by atoms with Gasteiger partial charge in [0.05, 0.1) is 18.8 Å². The molecule has 0 fully saturated rings. The molecule has 2 aromatic rings. The van der Waals surface area contributed by atoms with E-state index in [1.165, 1.54) is 0 Å². The lowest BCUT2D eigenvalue weighted by Crippen LogP contribution is -2.46. The lowest BCUT2D eigenvalue weighted by molar-refractivity contribution is 0.133. The minimum atomic E-state index is -0.934. The topological polar surface area (TPSA) is 75.7 Å². The molecule has 20 heavy (non-hydrogen) atoms. The quantitative estimate of drug-likeness (QED) is 0.743. The van der Waals surface area contributed by atoms with E-state index in [1.807, 2.05) is 30.3 Å². The van der Waals surface area contributed by atoms with Gasteiger partial charge in [-0.15, -0.1) is 0 Å². The Labute approximate surface area is 118 Å². The maximum Gasteiger partial charge on any atom is 0.119 e. The van der Waals surface area contributed by atoms with Crippen LogP contribution in [-0.2, 0) is 12.1 Å². The molecule has 0 amide bonds. The Morgan fingerprint density at radius 3 is 2.15 bits per heavy atom. The van der Waals surface area contributed by atoms with Crippen LogP contribution in [-0.4, -0.2) is 23.4 Å². The number of nitrogens with two attached hydrogens (primary N) is 1. The molecule has 0 radical (unpaired) electrons. The van der Waals surface area contributed by atoms with Gasteiger partial charge in [-0.2, -0.15) is 0 Å². The highest BCUT2D eigenvalue weighted by Gasteiger charge is 2.27. The minimum absolute atomic E-state index is 0.00175. The summed E-state index contributed by atoms with van der Waals surface area (Å²) < 4.78 is 5.65. The maximum absolute atomic E-state index is 9.56. The van der Waals surface area contributed by atoms with Crippen LogP contribution in [0.15, 0.2) is 54.6 Å². The van der Waals surface area contributed by atoms with Crippen LogP contribution in [0, 0.1) is 0 Å². The summed E-state index contributed by atoms with van der Waals surface area (Å²) in [7, 11) is 0. The number of aliphatic hydroxyl groups excluding tert-OH is 2. The first kappa shape index (κ1) is 14.5. The van der Waals surface area contributed by atoms with Gasteiger partial charge in [0.2, 0.25) is 0 Å². The molecule has 0 saturated carbocycles. The predicted molar refractivity (Wildman–Crippen MR) is 77.3 cm³/mol. The van der Waals surface area contributed by atoms with Gasteiger partial charge in [-0.1, -0.05) is 42.5 Å². The summed E-state index contributed by atoms with van der Waals surface area (Å²) in [6.07, 6.45) is 0. The van der Waals surface area contributed by atoms with Gasteiger partial charge >= 0.3 is 0 Å². The molecule has 0 saturated heterocycles. The van der Waals surface area contributed by atoms with Crippen molar-refractivity contribution in [3.8, 4) is 5.75 Å². The van der Waals surface area contributed by atoms with Gasteiger partial charge in [0.1, 0.15) is 12.4 Å². The maximum atomic E-state index is 9.56. The van der Waals surface area contributed by atoms with Crippen molar-refractivity contribution in [2.75, 3.05) is 13.2 Å². The van der Waals surface area contributed by atoms with Crippen LogP contribution in [0.25, 0.3) is 0 Å². The van der Waals surface area contributed by atoms with Crippen molar-refractivity contribution in [3.63, 3.8) is 0 Å². The normalized spacial score (nSPS) is 13.8. The Hall–Kier alpha value is -1.88. The first-order valence-corrected chi connectivity index (χ1v) is 6.46. The predicted octanol–water partition coefficient (Wildman–Crippen LogP) is 1.40. The summed E-state index contributed by atoms with van der Waals surface area (Å²) in [5.74, 6) is 0.654. The molecular weight excluding hydrogens is 254 g/mol. The Bertz CT molecular complexity index is 527. The molecule has 2 aromatic carbocycles. The second-order valence-electron chi connectivity index (χ2n) is 4.77. The van der Waals surface area contributed by atoms with Crippen LogP contribution in [0.5, 0.6) is 5.75 Å². The highest BCUT2D eigenvalue weighted by Crippen LogP contribution is 2.20. The Balaban J connectivity index is 2.06. The summed E-state index contributed by atoms with van der Waals surface area (Å²) in [4.78, 5) is 0. The third-order valence-electron chi connectivity index (χ3n) is 3.23. The molecule has 106 valence electrons. The Morgan fingerprint density at radius 2 is 1.60 bits per heavy atom. The van der Waals surface area contributed by atoms with E-state index in [1.54, 1.807) is 24.3 Å². The molecular formula is C16H19NO3. The van der Waals surface area contributed by atoms with Crippen molar-refractivity contribution in [1.29, 1.82) is 0 Å². The van der Waals surface area contributed by atoms with E-state index in [4.69, 9.17) is 15.6 Å². The summed E-state index contributed by atoms with van der Waals surface area (Å²) >= 11 is 0. The van der Waals surface area contributed by atoms with Gasteiger partial charge in [0.15, 0.2) is 0 Å². The number of hydrogen-bond acceptors (Lipinski definition) is 4. The van der Waals surface area contributed by atoms with E-state index in [9.17, 15) is 5.11 Å². The monoisotopic (exact) mass is 273 g/mol. The Morgan fingerprint density at radius 1 is 0.950 bits per heavy atom. The van der Waals surface area contributed by atoms with Gasteiger partial charge in [-0.05, 0) is 23.3 Å². The van der Waals surface area contributed by atoms with Gasteiger partial charge in [-0.3, -0.25) is 0 Å². The van der Waals surface area contributed by atoms with Crippen LogP contribution in [0.4, 0.5) is 0 Å². The van der Waals surface area contributed by atoms with E-state index in [0.717, 1.165) is 11.1 Å². The molecule has 4 heteroatoms. The summed E-state index contributed by atoms with van der Waals surface area (Å²) in [5.41, 5.74) is 6.92. The molecule has 0 spiro atoms. The van der Waals surface area contributed by atoms with Crippen LogP contribution < -0.4 is 10.5 Å². The number of ether oxygens (including phenoxy) is 1. The largest absolute Gasteiger partial charge is 0.491 e. The van der Waals surface area contributed by atoms with Gasteiger partial charge in [-0.25, -0.2) is 0 Å². The zero-order chi connectivity index (χ0) is 14.4. The molecule has 4 nitrogen and oxygen atoms in total. The molecule has 1 unspecified atom stereocenters. The summed E-state index contributed by atoms with van der Waals surface area (Å²) in [6, 6.07) is 16.5. The molecule has 0 aliphatic rings. The standard InChI is InChI=1S/C16H19NO3/c17-16(11-19,14-4-2-1-3-5-14)12-20-15-8-6-13(10-18)7-9-15/h1-9,18-19H,10-12,17H2. The number of aliphatic hydroxyl groups is 2. The third-order valence-corrected chi connectivity index (χ3v) is 3.23. The van der Waals surface area contributed by atoms with Crippen molar-refractivity contribution in [3.05, 3.63) is 65.7 Å². The first-order valence-electron chi connectivity index (χ1n) is 6.46. The van der Waals surface area contributed by atoms with Gasteiger partial charge in [0, 0.05) is 0 Å². The molecule has 2 rings (SSSR count). The second-order valence-corrected chi connectivity index (χ2v) is 4.77. The van der Waals surface area contributed by atoms with E-state index in [2.05, 4.69) is 0 Å². The fourth-order valence-electron chi connectivity index (χ4n) is 1.89. The van der Waals surface area contributed by atoms with Crippen molar-refractivity contribution in [1.82, 2.24) is 0 Å². The number of benzene rings is 2. The fourth-order valence-corrected chi connectivity index (χ4v) is 1.89. The van der Waals surface area contributed by atoms with E-state index < -0.39 is 5.54 Å². The second kappa shape index (κ2) is 6.52. The van der Waals surface area contributed by atoms with Crippen LogP contribution in [0.2, 0.25) is 0 Å². The summed E-state index contributed by atoms with van der Waals surface area (Å²) in [5, 5.41) is 18.5. The highest BCUT2D eigenvalue weighted by atomic mass is 16.5. The van der Waals surface area contributed by atoms with Crippen LogP contribution >= 0.6 is 0 Å². The molecule has 1 atom stereocenters. The molecule has 0 heterocycles. The number of hydrogen-bond donors (Lipinski definition) is 3. The van der Waals surface area contributed by atoms with Crippen LogP contribution in [0.3, 0.4) is 0 Å². The third kappa shape index (κ3) is 3.36. The smallest absolute Gasteiger partial charge is 0.119 e. The van der Waals surface area contributed by atoms with Crippen molar-refractivity contribution in [2.24, 2.45) is 5.73 Å². The minimum Gasteiger partial charge on any atom is -0.491 e. The zero-order valence-electron chi connectivity index (χ0n) is 11.2. The molecule has 0 aromatic heterocycles. The van der Waals surface area contributed by atoms with E-state index in [-0.39, 0.29) is 19.8 Å². The van der Waals surface area contributed by atoms with E-state index >= 15 is 0 Å². The SMILES string of the molecule is NC(CO)(COc1ccc(CO)cc1)c1ccccc1. The molecule has 4 N–H and O–H groups in total. The number of rotatable bonds is 6. The van der Waals surface area contributed by atoms with Crippen LogP contribution in [0.1, 0.15) is 11.1 Å². The lowest BCUT2D eigenvalue weighted by Gasteiger charge is -2.27. The zero-order valence-corrected chi connectivity index (χ0v) is 11.2. The highest BCUT2D eigenvalue weighted by molar-refractivity contribution is 5.28. The average Bonchev–Trinajstić information content (AvgIpc) is 2.54.